The SMILES string of the molecule is O=C(c1cccc(O)c1)N1CC(CO)C(CN2CCCCC2)C1. The lowest BCUT2D eigenvalue weighted by Gasteiger charge is -2.30. The number of hydrogen-bond acceptors (Lipinski definition) is 4. The van der Waals surface area contributed by atoms with Gasteiger partial charge in [0.25, 0.3) is 5.91 Å². The number of aliphatic hydroxyl groups is 1. The molecule has 0 aromatic heterocycles. The minimum absolute atomic E-state index is 0.0551. The van der Waals surface area contributed by atoms with E-state index < -0.39 is 0 Å². The largest absolute Gasteiger partial charge is 0.508 e. The van der Waals surface area contributed by atoms with Gasteiger partial charge in [-0.25, -0.2) is 0 Å². The van der Waals surface area contributed by atoms with E-state index in [9.17, 15) is 15.0 Å². The zero-order chi connectivity index (χ0) is 16.2. The number of aliphatic hydroxyl groups excluding tert-OH is 1. The van der Waals surface area contributed by atoms with Crippen molar-refractivity contribution in [2.45, 2.75) is 19.3 Å². The molecule has 2 unspecified atom stereocenters. The molecule has 2 N–H and O–H groups in total. The van der Waals surface area contributed by atoms with Gasteiger partial charge in [-0.15, -0.1) is 0 Å². The van der Waals surface area contributed by atoms with Gasteiger partial charge in [0.1, 0.15) is 5.75 Å². The van der Waals surface area contributed by atoms with Gasteiger partial charge in [0.05, 0.1) is 0 Å². The van der Waals surface area contributed by atoms with Crippen molar-refractivity contribution >= 4 is 5.91 Å². The maximum atomic E-state index is 12.6. The van der Waals surface area contributed by atoms with Crippen molar-refractivity contribution in [3.8, 4) is 5.75 Å². The predicted octanol–water partition coefficient (Wildman–Crippen LogP) is 1.56. The number of aromatic hydroxyl groups is 1. The Labute approximate surface area is 137 Å². The molecular formula is C18H26N2O3. The molecule has 23 heavy (non-hydrogen) atoms. The fourth-order valence-electron chi connectivity index (χ4n) is 3.81. The van der Waals surface area contributed by atoms with Crippen LogP contribution in [0.25, 0.3) is 0 Å². The summed E-state index contributed by atoms with van der Waals surface area (Å²) in [6.07, 6.45) is 3.82. The van der Waals surface area contributed by atoms with Crippen molar-refractivity contribution in [1.29, 1.82) is 0 Å². The third kappa shape index (κ3) is 3.85. The van der Waals surface area contributed by atoms with Gasteiger partial charge in [0, 0.05) is 37.7 Å². The molecule has 2 fully saturated rings. The first-order valence-corrected chi connectivity index (χ1v) is 8.59. The molecule has 0 aliphatic carbocycles. The number of benzene rings is 1. The fourth-order valence-corrected chi connectivity index (χ4v) is 3.81. The molecule has 5 nitrogen and oxygen atoms in total. The Bertz CT molecular complexity index is 543. The van der Waals surface area contributed by atoms with Crippen molar-refractivity contribution < 1.29 is 15.0 Å². The molecule has 2 aliphatic heterocycles. The van der Waals surface area contributed by atoms with Crippen molar-refractivity contribution in [3.05, 3.63) is 29.8 Å². The van der Waals surface area contributed by atoms with E-state index in [2.05, 4.69) is 4.90 Å². The summed E-state index contributed by atoms with van der Waals surface area (Å²) in [5.41, 5.74) is 0.514. The maximum absolute atomic E-state index is 12.6. The van der Waals surface area contributed by atoms with Crippen LogP contribution in [0.5, 0.6) is 5.75 Å². The summed E-state index contributed by atoms with van der Waals surface area (Å²) in [6, 6.07) is 6.49. The average Bonchev–Trinajstić information content (AvgIpc) is 2.98. The number of likely N-dealkylation sites (tertiary alicyclic amines) is 2. The number of phenolic OH excluding ortho intramolecular Hbond substituents is 1. The molecule has 0 saturated carbocycles. The van der Waals surface area contributed by atoms with Crippen molar-refractivity contribution in [1.82, 2.24) is 9.80 Å². The molecule has 2 saturated heterocycles. The number of nitrogens with zero attached hydrogens (tertiary/aromatic N) is 2. The molecule has 1 amide bonds. The lowest BCUT2D eigenvalue weighted by atomic mass is 9.95. The molecule has 3 rings (SSSR count). The van der Waals surface area contributed by atoms with Gasteiger partial charge < -0.3 is 20.0 Å². The van der Waals surface area contributed by atoms with Gasteiger partial charge in [-0.1, -0.05) is 12.5 Å². The van der Waals surface area contributed by atoms with Crippen LogP contribution in [0.2, 0.25) is 0 Å². The molecule has 126 valence electrons. The first kappa shape index (κ1) is 16.3. The van der Waals surface area contributed by atoms with E-state index in [0.717, 1.165) is 19.6 Å². The number of carbonyl (C=O) groups excluding carboxylic acids is 1. The lowest BCUT2D eigenvalue weighted by Crippen LogP contribution is -2.37. The number of hydrogen-bond donors (Lipinski definition) is 2. The van der Waals surface area contributed by atoms with Gasteiger partial charge >= 0.3 is 0 Å². The Hall–Kier alpha value is -1.59. The van der Waals surface area contributed by atoms with Crippen LogP contribution in [0, 0.1) is 11.8 Å². The molecule has 1 aromatic carbocycles. The second-order valence-corrected chi connectivity index (χ2v) is 6.82. The number of phenols is 1. The topological polar surface area (TPSA) is 64.0 Å². The van der Waals surface area contributed by atoms with E-state index in [4.69, 9.17) is 0 Å². The Morgan fingerprint density at radius 1 is 1.13 bits per heavy atom. The molecule has 2 atom stereocenters. The van der Waals surface area contributed by atoms with Gasteiger partial charge in [0.15, 0.2) is 0 Å². The highest BCUT2D eigenvalue weighted by Crippen LogP contribution is 2.27. The van der Waals surface area contributed by atoms with E-state index in [-0.39, 0.29) is 24.2 Å². The molecular weight excluding hydrogens is 292 g/mol. The smallest absolute Gasteiger partial charge is 0.254 e. The standard InChI is InChI=1S/C18H26N2O3/c21-13-16-12-20(18(23)14-5-4-6-17(22)9-14)11-15(16)10-19-7-2-1-3-8-19/h4-6,9,15-16,21-22H,1-3,7-8,10-13H2. The second kappa shape index (κ2) is 7.32. The number of carbonyl (C=O) groups is 1. The maximum Gasteiger partial charge on any atom is 0.254 e. The quantitative estimate of drug-likeness (QED) is 0.884. The molecule has 0 spiro atoms. The van der Waals surface area contributed by atoms with Gasteiger partial charge in [-0.3, -0.25) is 4.79 Å². The van der Waals surface area contributed by atoms with Gasteiger partial charge in [-0.2, -0.15) is 0 Å². The highest BCUT2D eigenvalue weighted by Gasteiger charge is 2.36. The second-order valence-electron chi connectivity index (χ2n) is 6.82. The zero-order valence-electron chi connectivity index (χ0n) is 13.5. The normalized spacial score (nSPS) is 25.7. The third-order valence-electron chi connectivity index (χ3n) is 5.13. The molecule has 2 heterocycles. The first-order chi connectivity index (χ1) is 11.2. The Morgan fingerprint density at radius 2 is 1.87 bits per heavy atom. The van der Waals surface area contributed by atoms with E-state index in [1.165, 1.54) is 25.3 Å². The van der Waals surface area contributed by atoms with Crippen LogP contribution in [0.4, 0.5) is 0 Å². The number of piperidine rings is 1. The Morgan fingerprint density at radius 3 is 2.57 bits per heavy atom. The lowest BCUT2D eigenvalue weighted by molar-refractivity contribution is 0.0778. The van der Waals surface area contributed by atoms with Crippen LogP contribution in [-0.4, -0.2) is 65.3 Å². The first-order valence-electron chi connectivity index (χ1n) is 8.59. The minimum Gasteiger partial charge on any atom is -0.508 e. The van der Waals surface area contributed by atoms with Crippen molar-refractivity contribution in [3.63, 3.8) is 0 Å². The van der Waals surface area contributed by atoms with E-state index >= 15 is 0 Å². The van der Waals surface area contributed by atoms with E-state index in [1.54, 1.807) is 18.2 Å². The van der Waals surface area contributed by atoms with Crippen LogP contribution in [0.1, 0.15) is 29.6 Å². The summed E-state index contributed by atoms with van der Waals surface area (Å²) in [4.78, 5) is 16.9. The van der Waals surface area contributed by atoms with Gasteiger partial charge in [0.2, 0.25) is 0 Å². The molecule has 5 heteroatoms. The molecule has 0 radical (unpaired) electrons. The summed E-state index contributed by atoms with van der Waals surface area (Å²) < 4.78 is 0. The average molecular weight is 318 g/mol. The minimum atomic E-state index is -0.0551. The summed E-state index contributed by atoms with van der Waals surface area (Å²) >= 11 is 0. The van der Waals surface area contributed by atoms with Crippen molar-refractivity contribution in [2.24, 2.45) is 11.8 Å². The molecule has 2 aliphatic rings. The number of rotatable bonds is 4. The highest BCUT2D eigenvalue weighted by atomic mass is 16.3. The number of amides is 1. The summed E-state index contributed by atoms with van der Waals surface area (Å²) in [5, 5.41) is 19.2. The zero-order valence-corrected chi connectivity index (χ0v) is 13.5. The molecule has 0 bridgehead atoms. The van der Waals surface area contributed by atoms with Gasteiger partial charge in [-0.05, 0) is 50.0 Å². The predicted molar refractivity (Wildman–Crippen MR) is 88.4 cm³/mol. The molecule has 1 aromatic rings. The Kier molecular flexibility index (Phi) is 5.18. The van der Waals surface area contributed by atoms with Crippen LogP contribution < -0.4 is 0 Å². The van der Waals surface area contributed by atoms with Crippen LogP contribution in [0.3, 0.4) is 0 Å². The van der Waals surface area contributed by atoms with Crippen LogP contribution >= 0.6 is 0 Å². The Balaban J connectivity index is 1.64. The van der Waals surface area contributed by atoms with Crippen molar-refractivity contribution in [2.75, 3.05) is 39.3 Å². The fraction of sp³-hybridized carbons (Fsp3) is 0.611. The summed E-state index contributed by atoms with van der Waals surface area (Å²) in [6.45, 7) is 4.65. The van der Waals surface area contributed by atoms with E-state index in [1.807, 2.05) is 4.90 Å². The summed E-state index contributed by atoms with van der Waals surface area (Å²) in [5.74, 6) is 0.539. The van der Waals surface area contributed by atoms with Crippen LogP contribution in [0.15, 0.2) is 24.3 Å². The van der Waals surface area contributed by atoms with Crippen LogP contribution in [-0.2, 0) is 0 Å². The monoisotopic (exact) mass is 318 g/mol. The van der Waals surface area contributed by atoms with E-state index in [0.29, 0.717) is 24.6 Å². The highest BCUT2D eigenvalue weighted by molar-refractivity contribution is 5.94. The summed E-state index contributed by atoms with van der Waals surface area (Å²) in [7, 11) is 0. The third-order valence-corrected chi connectivity index (χ3v) is 5.13.